The summed E-state index contributed by atoms with van der Waals surface area (Å²) in [5, 5.41) is 3.35. The predicted octanol–water partition coefficient (Wildman–Crippen LogP) is 4.18. The molecule has 1 aromatic carbocycles. The third-order valence-corrected chi connectivity index (χ3v) is 4.01. The molecule has 0 saturated heterocycles. The van der Waals surface area contributed by atoms with E-state index in [2.05, 4.69) is 26.2 Å². The van der Waals surface area contributed by atoms with E-state index in [1.54, 1.807) is 12.3 Å². The average molecular weight is 337 g/mol. The standard InChI is InChI=1S/C16H18BrFN2/c1-3-19-15(10-14-11(2)6-5-9-20-14)16-12(17)7-4-8-13(16)18/h4-9,15,19H,3,10H2,1-2H3. The maximum atomic E-state index is 14.1. The summed E-state index contributed by atoms with van der Waals surface area (Å²) in [6.45, 7) is 4.83. The quantitative estimate of drug-likeness (QED) is 0.885. The molecule has 0 aliphatic carbocycles. The van der Waals surface area contributed by atoms with Crippen molar-refractivity contribution in [3.63, 3.8) is 0 Å². The van der Waals surface area contributed by atoms with Gasteiger partial charge in [0.2, 0.25) is 0 Å². The molecule has 0 radical (unpaired) electrons. The first-order chi connectivity index (χ1) is 9.63. The summed E-state index contributed by atoms with van der Waals surface area (Å²) in [6.07, 6.45) is 2.45. The Hall–Kier alpha value is -1.26. The molecule has 1 unspecified atom stereocenters. The lowest BCUT2D eigenvalue weighted by Crippen LogP contribution is -2.25. The average Bonchev–Trinajstić information content (AvgIpc) is 2.41. The molecular weight excluding hydrogens is 319 g/mol. The van der Waals surface area contributed by atoms with Gasteiger partial charge in [0.25, 0.3) is 0 Å². The molecule has 1 heterocycles. The fraction of sp³-hybridized carbons (Fsp3) is 0.312. The van der Waals surface area contributed by atoms with E-state index in [1.165, 1.54) is 6.07 Å². The van der Waals surface area contributed by atoms with Crippen molar-refractivity contribution in [3.8, 4) is 0 Å². The summed E-state index contributed by atoms with van der Waals surface area (Å²) in [5.41, 5.74) is 2.79. The number of likely N-dealkylation sites (N-methyl/N-ethyl adjacent to an activating group) is 1. The minimum absolute atomic E-state index is 0.0934. The van der Waals surface area contributed by atoms with Gasteiger partial charge in [0.15, 0.2) is 0 Å². The minimum Gasteiger partial charge on any atom is -0.310 e. The van der Waals surface area contributed by atoms with Crippen molar-refractivity contribution >= 4 is 15.9 Å². The van der Waals surface area contributed by atoms with Gasteiger partial charge in [0, 0.05) is 34.4 Å². The molecule has 0 bridgehead atoms. The van der Waals surface area contributed by atoms with Gasteiger partial charge in [-0.1, -0.05) is 35.0 Å². The molecule has 1 atom stereocenters. The molecule has 20 heavy (non-hydrogen) atoms. The Morgan fingerprint density at radius 2 is 2.10 bits per heavy atom. The highest BCUT2D eigenvalue weighted by molar-refractivity contribution is 9.10. The number of pyridine rings is 1. The van der Waals surface area contributed by atoms with Crippen LogP contribution in [0.5, 0.6) is 0 Å². The number of hydrogen-bond donors (Lipinski definition) is 1. The van der Waals surface area contributed by atoms with Crippen molar-refractivity contribution in [3.05, 3.63) is 63.6 Å². The van der Waals surface area contributed by atoms with E-state index in [-0.39, 0.29) is 11.9 Å². The maximum absolute atomic E-state index is 14.1. The topological polar surface area (TPSA) is 24.9 Å². The Morgan fingerprint density at radius 1 is 1.30 bits per heavy atom. The highest BCUT2D eigenvalue weighted by Crippen LogP contribution is 2.28. The number of aryl methyl sites for hydroxylation is 1. The third-order valence-electron chi connectivity index (χ3n) is 3.31. The highest BCUT2D eigenvalue weighted by atomic mass is 79.9. The van der Waals surface area contributed by atoms with Crippen molar-refractivity contribution in [1.82, 2.24) is 10.3 Å². The first-order valence-electron chi connectivity index (χ1n) is 6.71. The Bertz CT molecular complexity index is 566. The number of hydrogen-bond acceptors (Lipinski definition) is 2. The summed E-state index contributed by atoms with van der Waals surface area (Å²) in [4.78, 5) is 4.41. The Morgan fingerprint density at radius 3 is 2.75 bits per heavy atom. The van der Waals surface area contributed by atoms with Crippen LogP contribution in [0.2, 0.25) is 0 Å². The largest absolute Gasteiger partial charge is 0.310 e. The van der Waals surface area contributed by atoms with Crippen molar-refractivity contribution in [1.29, 1.82) is 0 Å². The molecule has 0 spiro atoms. The van der Waals surface area contributed by atoms with Crippen LogP contribution in [0.1, 0.15) is 29.8 Å². The summed E-state index contributed by atoms with van der Waals surface area (Å²) in [5.74, 6) is -0.195. The van der Waals surface area contributed by atoms with Crippen molar-refractivity contribution in [2.24, 2.45) is 0 Å². The molecule has 2 nitrogen and oxygen atoms in total. The molecule has 2 aromatic rings. The van der Waals surface area contributed by atoms with Gasteiger partial charge >= 0.3 is 0 Å². The van der Waals surface area contributed by atoms with E-state index >= 15 is 0 Å². The zero-order valence-corrected chi connectivity index (χ0v) is 13.2. The second-order valence-electron chi connectivity index (χ2n) is 4.72. The van der Waals surface area contributed by atoms with E-state index in [4.69, 9.17) is 0 Å². The van der Waals surface area contributed by atoms with Crippen LogP contribution >= 0.6 is 15.9 Å². The summed E-state index contributed by atoms with van der Waals surface area (Å²) in [6, 6.07) is 8.92. The lowest BCUT2D eigenvalue weighted by Gasteiger charge is -2.20. The van der Waals surface area contributed by atoms with Crippen LogP contribution in [0.4, 0.5) is 4.39 Å². The zero-order chi connectivity index (χ0) is 14.5. The van der Waals surface area contributed by atoms with Crippen molar-refractivity contribution in [2.45, 2.75) is 26.3 Å². The Kier molecular flexibility index (Phi) is 5.26. The van der Waals surface area contributed by atoms with Crippen molar-refractivity contribution < 1.29 is 4.39 Å². The molecule has 0 aliphatic rings. The smallest absolute Gasteiger partial charge is 0.129 e. The normalized spacial score (nSPS) is 12.4. The number of benzene rings is 1. The molecule has 0 aliphatic heterocycles. The second kappa shape index (κ2) is 6.95. The molecule has 0 amide bonds. The van der Waals surface area contributed by atoms with E-state index in [9.17, 15) is 4.39 Å². The van der Waals surface area contributed by atoms with E-state index in [1.807, 2.05) is 32.0 Å². The van der Waals surface area contributed by atoms with Gasteiger partial charge < -0.3 is 5.32 Å². The van der Waals surface area contributed by atoms with Gasteiger partial charge in [-0.3, -0.25) is 4.98 Å². The Labute approximate surface area is 127 Å². The molecule has 0 fully saturated rings. The minimum atomic E-state index is -0.195. The van der Waals surface area contributed by atoms with Gasteiger partial charge in [-0.05, 0) is 37.2 Å². The third kappa shape index (κ3) is 3.44. The fourth-order valence-electron chi connectivity index (χ4n) is 2.29. The van der Waals surface area contributed by atoms with Crippen LogP contribution in [0.25, 0.3) is 0 Å². The van der Waals surface area contributed by atoms with Gasteiger partial charge in [0.1, 0.15) is 5.82 Å². The predicted molar refractivity (Wildman–Crippen MR) is 83.2 cm³/mol. The number of nitrogens with one attached hydrogen (secondary N) is 1. The maximum Gasteiger partial charge on any atom is 0.129 e. The number of nitrogens with zero attached hydrogens (tertiary/aromatic N) is 1. The lowest BCUT2D eigenvalue weighted by atomic mass is 9.99. The number of aromatic nitrogens is 1. The van der Waals surface area contributed by atoms with Crippen LogP contribution in [0.3, 0.4) is 0 Å². The van der Waals surface area contributed by atoms with Crippen LogP contribution in [-0.2, 0) is 6.42 Å². The zero-order valence-electron chi connectivity index (χ0n) is 11.7. The number of halogens is 2. The number of rotatable bonds is 5. The second-order valence-corrected chi connectivity index (χ2v) is 5.57. The molecule has 0 saturated carbocycles. The van der Waals surface area contributed by atoms with Crippen LogP contribution in [0, 0.1) is 12.7 Å². The molecule has 2 rings (SSSR count). The first kappa shape index (κ1) is 15.1. The van der Waals surface area contributed by atoms with Crippen molar-refractivity contribution in [2.75, 3.05) is 6.54 Å². The lowest BCUT2D eigenvalue weighted by molar-refractivity contribution is 0.503. The summed E-state index contributed by atoms with van der Waals surface area (Å²) >= 11 is 3.45. The summed E-state index contributed by atoms with van der Waals surface area (Å²) < 4.78 is 14.9. The van der Waals surface area contributed by atoms with Gasteiger partial charge in [-0.2, -0.15) is 0 Å². The van der Waals surface area contributed by atoms with E-state index in [0.29, 0.717) is 12.0 Å². The van der Waals surface area contributed by atoms with Crippen LogP contribution < -0.4 is 5.32 Å². The van der Waals surface area contributed by atoms with Gasteiger partial charge in [-0.25, -0.2) is 4.39 Å². The summed E-state index contributed by atoms with van der Waals surface area (Å²) in [7, 11) is 0. The Balaban J connectivity index is 2.35. The van der Waals surface area contributed by atoms with Gasteiger partial charge in [-0.15, -0.1) is 0 Å². The molecule has 106 valence electrons. The fourth-order valence-corrected chi connectivity index (χ4v) is 2.91. The molecule has 4 heteroatoms. The van der Waals surface area contributed by atoms with E-state index < -0.39 is 0 Å². The van der Waals surface area contributed by atoms with Crippen LogP contribution in [-0.4, -0.2) is 11.5 Å². The SMILES string of the molecule is CCNC(Cc1ncccc1C)c1c(F)cccc1Br. The van der Waals surface area contributed by atoms with Crippen LogP contribution in [0.15, 0.2) is 41.0 Å². The molecule has 1 N–H and O–H groups in total. The van der Waals surface area contributed by atoms with E-state index in [0.717, 1.165) is 22.3 Å². The van der Waals surface area contributed by atoms with Gasteiger partial charge in [0.05, 0.1) is 0 Å². The first-order valence-corrected chi connectivity index (χ1v) is 7.50. The molecular formula is C16H18BrFN2. The monoisotopic (exact) mass is 336 g/mol. The highest BCUT2D eigenvalue weighted by Gasteiger charge is 2.19. The molecule has 1 aromatic heterocycles.